The van der Waals surface area contributed by atoms with Gasteiger partial charge in [-0.2, -0.15) is 4.98 Å². The molecule has 16 heteroatoms. The molecule has 1 unspecified atom stereocenters. The van der Waals surface area contributed by atoms with Gasteiger partial charge in [0, 0.05) is 73.6 Å². The molecule has 55 heavy (non-hydrogen) atoms. The molecule has 8 rings (SSSR count). The van der Waals surface area contributed by atoms with Gasteiger partial charge in [-0.3, -0.25) is 38.7 Å². The van der Waals surface area contributed by atoms with Crippen molar-refractivity contribution in [2.45, 2.75) is 71.0 Å². The van der Waals surface area contributed by atoms with Crippen molar-refractivity contribution in [1.82, 2.24) is 34.6 Å². The van der Waals surface area contributed by atoms with E-state index in [2.05, 4.69) is 30.8 Å². The zero-order chi connectivity index (χ0) is 38.4. The van der Waals surface area contributed by atoms with E-state index in [1.807, 2.05) is 18.2 Å². The highest BCUT2D eigenvalue weighted by Crippen LogP contribution is 2.34. The number of Topliss-reactive ketones (excluding diaryl/α,β-unsaturated/α-hetero) is 1. The molecular weight excluding hydrogens is 704 g/mol. The second-order valence-corrected chi connectivity index (χ2v) is 14.6. The molecule has 0 radical (unpaired) electrons. The summed E-state index contributed by atoms with van der Waals surface area (Å²) < 4.78 is 1.69. The maximum atomic E-state index is 13.5. The third kappa shape index (κ3) is 6.76. The van der Waals surface area contributed by atoms with Crippen LogP contribution in [-0.4, -0.2) is 97.5 Å². The summed E-state index contributed by atoms with van der Waals surface area (Å²) in [6, 6.07) is 8.35. The first-order valence-corrected chi connectivity index (χ1v) is 18.8. The molecule has 284 valence electrons. The van der Waals surface area contributed by atoms with Crippen molar-refractivity contribution < 1.29 is 24.0 Å². The molecule has 0 spiro atoms. The molecule has 16 nitrogen and oxygen atoms in total. The Labute approximate surface area is 316 Å². The average Bonchev–Trinajstić information content (AvgIpc) is 3.83. The SMILES string of the molecule is CC(=O)c1c(C)c2cnc(Nc3ccc(N4CCN(C(=O)CNc5cccc6c5CN(C5CCC(=O)NC5=O)C6=O)CC4)cn3)nc2n(C2CCCC2)c1=O. The Balaban J connectivity index is 0.877. The van der Waals surface area contributed by atoms with E-state index < -0.39 is 11.9 Å². The van der Waals surface area contributed by atoms with E-state index in [1.54, 1.807) is 40.9 Å². The molecule has 1 aromatic carbocycles. The molecule has 4 aromatic rings. The third-order valence-corrected chi connectivity index (χ3v) is 11.2. The number of carbonyl (C=O) groups excluding carboxylic acids is 5. The van der Waals surface area contributed by atoms with Gasteiger partial charge in [-0.1, -0.05) is 18.9 Å². The van der Waals surface area contributed by atoms with Crippen molar-refractivity contribution in [3.05, 3.63) is 75.3 Å². The maximum absolute atomic E-state index is 13.5. The second-order valence-electron chi connectivity index (χ2n) is 14.6. The Morgan fingerprint density at radius 3 is 2.44 bits per heavy atom. The fourth-order valence-corrected chi connectivity index (χ4v) is 8.32. The summed E-state index contributed by atoms with van der Waals surface area (Å²) in [7, 11) is 0. The number of imide groups is 1. The summed E-state index contributed by atoms with van der Waals surface area (Å²) in [6.45, 7) is 5.73. The van der Waals surface area contributed by atoms with Gasteiger partial charge < -0.3 is 25.3 Å². The second kappa shape index (κ2) is 14.6. The number of carbonyl (C=O) groups is 5. The number of amides is 4. The van der Waals surface area contributed by atoms with Crippen molar-refractivity contribution >= 4 is 63.6 Å². The Bertz CT molecular complexity index is 2290. The van der Waals surface area contributed by atoms with Crippen LogP contribution in [0.3, 0.4) is 0 Å². The van der Waals surface area contributed by atoms with Crippen LogP contribution < -0.4 is 26.4 Å². The van der Waals surface area contributed by atoms with Crippen molar-refractivity contribution in [1.29, 1.82) is 0 Å². The summed E-state index contributed by atoms with van der Waals surface area (Å²) in [5.41, 5.74) is 3.78. The number of hydrogen-bond donors (Lipinski definition) is 3. The van der Waals surface area contributed by atoms with Crippen LogP contribution >= 0.6 is 0 Å². The fraction of sp³-hybridized carbons (Fsp3) is 0.410. The monoisotopic (exact) mass is 746 g/mol. The first-order chi connectivity index (χ1) is 26.6. The summed E-state index contributed by atoms with van der Waals surface area (Å²) in [5.74, 6) is -0.559. The molecule has 6 heterocycles. The number of rotatable bonds is 9. The third-order valence-electron chi connectivity index (χ3n) is 11.2. The van der Waals surface area contributed by atoms with E-state index in [1.165, 1.54) is 11.8 Å². The van der Waals surface area contributed by atoms with E-state index in [0.717, 1.165) is 36.9 Å². The molecule has 2 saturated heterocycles. The number of pyridine rings is 2. The maximum Gasteiger partial charge on any atom is 0.263 e. The van der Waals surface area contributed by atoms with Crippen LogP contribution in [0.5, 0.6) is 0 Å². The van der Waals surface area contributed by atoms with Crippen molar-refractivity contribution in [2.24, 2.45) is 0 Å². The van der Waals surface area contributed by atoms with Crippen LogP contribution in [0.25, 0.3) is 11.0 Å². The van der Waals surface area contributed by atoms with Gasteiger partial charge in [0.2, 0.25) is 23.7 Å². The number of fused-ring (bicyclic) bond motifs is 2. The van der Waals surface area contributed by atoms with Crippen LogP contribution in [0.15, 0.2) is 47.5 Å². The molecule has 1 aliphatic carbocycles. The molecular formula is C39H42N10O6. The molecule has 3 fully saturated rings. The Hall–Kier alpha value is -6.19. The van der Waals surface area contributed by atoms with Gasteiger partial charge in [0.15, 0.2) is 5.78 Å². The predicted octanol–water partition coefficient (Wildman–Crippen LogP) is 3.08. The first-order valence-electron chi connectivity index (χ1n) is 18.8. The van der Waals surface area contributed by atoms with Crippen molar-refractivity contribution in [3.63, 3.8) is 0 Å². The molecule has 1 atom stereocenters. The minimum atomic E-state index is -0.707. The van der Waals surface area contributed by atoms with E-state index in [-0.39, 0.29) is 66.6 Å². The van der Waals surface area contributed by atoms with E-state index in [0.29, 0.717) is 65.8 Å². The summed E-state index contributed by atoms with van der Waals surface area (Å²) in [4.78, 5) is 95.8. The van der Waals surface area contributed by atoms with Gasteiger partial charge >= 0.3 is 0 Å². The number of aryl methyl sites for hydroxylation is 1. The lowest BCUT2D eigenvalue weighted by atomic mass is 10.0. The minimum absolute atomic E-state index is 0.0164. The average molecular weight is 747 g/mol. The first kappa shape index (κ1) is 35.8. The van der Waals surface area contributed by atoms with Crippen LogP contribution in [0.4, 0.5) is 23.1 Å². The fourth-order valence-electron chi connectivity index (χ4n) is 8.32. The Morgan fingerprint density at radius 1 is 0.945 bits per heavy atom. The van der Waals surface area contributed by atoms with Gasteiger partial charge in [-0.25, -0.2) is 9.97 Å². The highest BCUT2D eigenvalue weighted by atomic mass is 16.2. The van der Waals surface area contributed by atoms with Crippen LogP contribution in [0, 0.1) is 6.92 Å². The summed E-state index contributed by atoms with van der Waals surface area (Å²) in [5, 5.41) is 9.38. The molecule has 3 aliphatic heterocycles. The number of benzene rings is 1. The quantitative estimate of drug-likeness (QED) is 0.168. The number of piperidine rings is 1. The highest BCUT2D eigenvalue weighted by Gasteiger charge is 2.40. The van der Waals surface area contributed by atoms with Crippen molar-refractivity contribution in [2.75, 3.05) is 48.3 Å². The standard InChI is InChI=1S/C39H42N10O6/c1-22-27-19-42-39(45-35(27)49(24-6-3-4-7-24)38(55)34(22)23(2)50)43-31-12-10-25(18-41-31)46-14-16-47(17-15-46)33(52)20-40-29-9-5-8-26-28(29)21-48(37(26)54)30-11-13-32(51)44-36(30)53/h5,8-10,12,18-19,24,30,40H,3-4,6-7,11,13-17,20-21H2,1-2H3,(H,44,51,53)(H,41,42,43,45). The molecule has 3 N–H and O–H groups in total. The van der Waals surface area contributed by atoms with E-state index >= 15 is 0 Å². The minimum Gasteiger partial charge on any atom is -0.376 e. The van der Waals surface area contributed by atoms with Crippen LogP contribution in [-0.2, 0) is 20.9 Å². The van der Waals surface area contributed by atoms with Gasteiger partial charge in [-0.05, 0) is 62.9 Å². The zero-order valence-electron chi connectivity index (χ0n) is 30.8. The number of hydrogen-bond acceptors (Lipinski definition) is 12. The van der Waals surface area contributed by atoms with Gasteiger partial charge in [-0.15, -0.1) is 0 Å². The summed E-state index contributed by atoms with van der Waals surface area (Å²) in [6.07, 6.45) is 7.64. The predicted molar refractivity (Wildman–Crippen MR) is 203 cm³/mol. The largest absolute Gasteiger partial charge is 0.376 e. The molecule has 1 saturated carbocycles. The topological polar surface area (TPSA) is 192 Å². The number of nitrogens with one attached hydrogen (secondary N) is 3. The number of ketones is 1. The number of piperazine rings is 1. The lowest BCUT2D eigenvalue weighted by Gasteiger charge is -2.36. The molecule has 0 bridgehead atoms. The van der Waals surface area contributed by atoms with E-state index in [4.69, 9.17) is 4.98 Å². The Kier molecular flexibility index (Phi) is 9.49. The molecule has 4 aliphatic rings. The molecule has 3 aromatic heterocycles. The highest BCUT2D eigenvalue weighted by molar-refractivity contribution is 6.06. The smallest absolute Gasteiger partial charge is 0.263 e. The lowest BCUT2D eigenvalue weighted by Crippen LogP contribution is -2.52. The van der Waals surface area contributed by atoms with Gasteiger partial charge in [0.05, 0.1) is 24.0 Å². The Morgan fingerprint density at radius 2 is 1.73 bits per heavy atom. The summed E-state index contributed by atoms with van der Waals surface area (Å²) >= 11 is 0. The van der Waals surface area contributed by atoms with Crippen LogP contribution in [0.2, 0.25) is 0 Å². The van der Waals surface area contributed by atoms with Gasteiger partial charge in [0.25, 0.3) is 11.5 Å². The molecule has 4 amide bonds. The normalized spacial score (nSPS) is 18.8. The van der Waals surface area contributed by atoms with E-state index in [9.17, 15) is 28.8 Å². The van der Waals surface area contributed by atoms with Crippen molar-refractivity contribution in [3.8, 4) is 0 Å². The number of anilines is 4. The van der Waals surface area contributed by atoms with Gasteiger partial charge in [0.1, 0.15) is 17.5 Å². The number of aromatic nitrogens is 4. The lowest BCUT2D eigenvalue weighted by molar-refractivity contribution is -0.137. The number of nitrogens with zero attached hydrogens (tertiary/aromatic N) is 7. The zero-order valence-corrected chi connectivity index (χ0v) is 30.8. The van der Waals surface area contributed by atoms with Crippen LogP contribution in [0.1, 0.15) is 83.3 Å².